The molecule has 9 heteroatoms. The number of carbonyl (C=O) groups excluding carboxylic acids is 1. The molecular weight excluding hydrogens is 391 g/mol. The molecule has 2 heterocycles. The Morgan fingerprint density at radius 3 is 2.61 bits per heavy atom. The molecule has 0 saturated carbocycles. The monoisotopic (exact) mass is 413 g/mol. The van der Waals surface area contributed by atoms with Gasteiger partial charge in [-0.15, -0.1) is 10.2 Å². The number of ether oxygens (including phenoxy) is 1. The Balaban J connectivity index is 1.79. The molecule has 1 aromatic heterocycles. The van der Waals surface area contributed by atoms with Crippen LogP contribution in [-0.4, -0.2) is 39.9 Å². The minimum absolute atomic E-state index is 0.0264. The summed E-state index contributed by atoms with van der Waals surface area (Å²) in [4.78, 5) is 13.9. The second-order valence-corrected chi connectivity index (χ2v) is 8.76. The summed E-state index contributed by atoms with van der Waals surface area (Å²) >= 11 is 1.15. The highest BCUT2D eigenvalue weighted by molar-refractivity contribution is 7.14. The number of benzene rings is 1. The topological polar surface area (TPSA) is 55.3 Å². The van der Waals surface area contributed by atoms with E-state index < -0.39 is 17.3 Å². The molecule has 1 unspecified atom stereocenters. The van der Waals surface area contributed by atoms with E-state index >= 15 is 0 Å². The number of aromatic nitrogens is 2. The van der Waals surface area contributed by atoms with Gasteiger partial charge >= 0.3 is 12.3 Å². The van der Waals surface area contributed by atoms with Crippen LogP contribution in [0.25, 0.3) is 10.6 Å². The lowest BCUT2D eigenvalue weighted by atomic mass is 9.99. The average Bonchev–Trinajstić information content (AvgIpc) is 3.10. The van der Waals surface area contributed by atoms with Gasteiger partial charge in [-0.25, -0.2) is 4.79 Å². The van der Waals surface area contributed by atoms with Crippen LogP contribution in [0, 0.1) is 0 Å². The van der Waals surface area contributed by atoms with Crippen LogP contribution in [0.1, 0.15) is 50.1 Å². The molecule has 1 saturated heterocycles. The molecule has 0 bridgehead atoms. The second-order valence-electron chi connectivity index (χ2n) is 7.75. The lowest BCUT2D eigenvalue weighted by molar-refractivity contribution is -0.137. The molecule has 3 rings (SSSR count). The Morgan fingerprint density at radius 1 is 1.21 bits per heavy atom. The van der Waals surface area contributed by atoms with E-state index in [1.807, 2.05) is 0 Å². The van der Waals surface area contributed by atoms with Gasteiger partial charge in [0.25, 0.3) is 0 Å². The first-order chi connectivity index (χ1) is 13.0. The third kappa shape index (κ3) is 4.81. The molecule has 28 heavy (non-hydrogen) atoms. The fourth-order valence-electron chi connectivity index (χ4n) is 3.10. The third-order valence-corrected chi connectivity index (χ3v) is 5.44. The predicted octanol–water partition coefficient (Wildman–Crippen LogP) is 5.34. The Morgan fingerprint density at radius 2 is 1.93 bits per heavy atom. The van der Waals surface area contributed by atoms with Crippen molar-refractivity contribution in [2.45, 2.75) is 51.3 Å². The predicted molar refractivity (Wildman–Crippen MR) is 100 cm³/mol. The van der Waals surface area contributed by atoms with Gasteiger partial charge < -0.3 is 9.64 Å². The number of nitrogens with zero attached hydrogens (tertiary/aromatic N) is 3. The number of carbonyl (C=O) groups is 1. The first kappa shape index (κ1) is 20.6. The number of likely N-dealkylation sites (tertiary alicyclic amines) is 1. The van der Waals surface area contributed by atoms with Crippen molar-refractivity contribution in [3.8, 4) is 10.6 Å². The molecule has 0 N–H and O–H groups in total. The van der Waals surface area contributed by atoms with E-state index in [1.165, 1.54) is 12.1 Å². The molecule has 1 aliphatic rings. The first-order valence-electron chi connectivity index (χ1n) is 9.02. The van der Waals surface area contributed by atoms with Crippen LogP contribution in [0.3, 0.4) is 0 Å². The molecule has 0 radical (unpaired) electrons. The number of rotatable bonds is 2. The smallest absolute Gasteiger partial charge is 0.417 e. The van der Waals surface area contributed by atoms with Crippen molar-refractivity contribution in [1.82, 2.24) is 15.1 Å². The van der Waals surface area contributed by atoms with Gasteiger partial charge in [-0.2, -0.15) is 13.2 Å². The fourth-order valence-corrected chi connectivity index (χ4v) is 4.10. The molecule has 0 spiro atoms. The van der Waals surface area contributed by atoms with Gasteiger partial charge in [-0.3, -0.25) is 0 Å². The highest BCUT2D eigenvalue weighted by Crippen LogP contribution is 2.39. The van der Waals surface area contributed by atoms with Gasteiger partial charge in [0.15, 0.2) is 0 Å². The zero-order valence-electron chi connectivity index (χ0n) is 15.9. The second kappa shape index (κ2) is 7.69. The summed E-state index contributed by atoms with van der Waals surface area (Å²) in [5.41, 5.74) is -1.28. The van der Waals surface area contributed by atoms with Gasteiger partial charge in [0.2, 0.25) is 0 Å². The van der Waals surface area contributed by atoms with E-state index in [4.69, 9.17) is 4.74 Å². The van der Waals surface area contributed by atoms with Crippen molar-refractivity contribution in [3.05, 3.63) is 34.8 Å². The van der Waals surface area contributed by atoms with E-state index in [0.29, 0.717) is 18.1 Å². The van der Waals surface area contributed by atoms with E-state index in [9.17, 15) is 18.0 Å². The standard InChI is InChI=1S/C19H22F3N3O2S/c1-18(2,3)27-17(26)25-10-6-7-12(11-25)15-23-24-16(28-15)13-8-4-5-9-14(13)19(20,21)22/h4-5,8-9,12H,6-7,10-11H2,1-3H3. The molecule has 1 atom stereocenters. The number of piperidine rings is 1. The Kier molecular flexibility index (Phi) is 5.65. The zero-order chi connectivity index (χ0) is 20.5. The Labute approximate surface area is 165 Å². The summed E-state index contributed by atoms with van der Waals surface area (Å²) in [6.07, 6.45) is -3.27. The lowest BCUT2D eigenvalue weighted by Crippen LogP contribution is -2.42. The number of hydrogen-bond donors (Lipinski definition) is 0. The minimum atomic E-state index is -4.46. The quantitative estimate of drug-likeness (QED) is 0.667. The number of halogens is 3. The van der Waals surface area contributed by atoms with Crippen LogP contribution < -0.4 is 0 Å². The van der Waals surface area contributed by atoms with Gasteiger partial charge in [0.05, 0.1) is 5.56 Å². The van der Waals surface area contributed by atoms with Gasteiger partial charge in [-0.05, 0) is 39.7 Å². The lowest BCUT2D eigenvalue weighted by Gasteiger charge is -2.33. The molecule has 5 nitrogen and oxygen atoms in total. The molecule has 1 fully saturated rings. The SMILES string of the molecule is CC(C)(C)OC(=O)N1CCCC(c2nnc(-c3ccccc3C(F)(F)F)s2)C1. The average molecular weight is 413 g/mol. The van der Waals surface area contributed by atoms with Crippen molar-refractivity contribution in [3.63, 3.8) is 0 Å². The first-order valence-corrected chi connectivity index (χ1v) is 9.84. The minimum Gasteiger partial charge on any atom is -0.444 e. The van der Waals surface area contributed by atoms with Crippen LogP contribution in [0.2, 0.25) is 0 Å². The third-order valence-electron chi connectivity index (χ3n) is 4.33. The van der Waals surface area contributed by atoms with Gasteiger partial charge in [0, 0.05) is 24.6 Å². The van der Waals surface area contributed by atoms with E-state index in [0.717, 1.165) is 30.2 Å². The Bertz CT molecular complexity index is 845. The van der Waals surface area contributed by atoms with Crippen LogP contribution in [0.15, 0.2) is 24.3 Å². The van der Waals surface area contributed by atoms with E-state index in [2.05, 4.69) is 10.2 Å². The maximum Gasteiger partial charge on any atom is 0.417 e. The number of amides is 1. The highest BCUT2D eigenvalue weighted by atomic mass is 32.1. The van der Waals surface area contributed by atoms with Gasteiger partial charge in [-0.1, -0.05) is 29.5 Å². The van der Waals surface area contributed by atoms with Crippen LogP contribution in [0.5, 0.6) is 0 Å². The summed E-state index contributed by atoms with van der Waals surface area (Å²) in [5, 5.41) is 9.00. The van der Waals surface area contributed by atoms with Crippen LogP contribution >= 0.6 is 11.3 Å². The summed E-state index contributed by atoms with van der Waals surface area (Å²) in [6, 6.07) is 5.35. The fraction of sp³-hybridized carbons (Fsp3) is 0.526. The molecule has 1 aromatic carbocycles. The zero-order valence-corrected chi connectivity index (χ0v) is 16.7. The number of hydrogen-bond acceptors (Lipinski definition) is 5. The molecule has 2 aromatic rings. The van der Waals surface area contributed by atoms with Crippen molar-refractivity contribution in [2.24, 2.45) is 0 Å². The van der Waals surface area contributed by atoms with Crippen LogP contribution in [0.4, 0.5) is 18.0 Å². The molecule has 152 valence electrons. The van der Waals surface area contributed by atoms with Crippen molar-refractivity contribution in [2.75, 3.05) is 13.1 Å². The van der Waals surface area contributed by atoms with Crippen LogP contribution in [-0.2, 0) is 10.9 Å². The summed E-state index contributed by atoms with van der Waals surface area (Å²) < 4.78 is 45.2. The normalized spacial score (nSPS) is 18.2. The maximum absolute atomic E-state index is 13.3. The summed E-state index contributed by atoms with van der Waals surface area (Å²) in [7, 11) is 0. The van der Waals surface area contributed by atoms with Gasteiger partial charge in [0.1, 0.15) is 15.6 Å². The molecule has 1 amide bonds. The van der Waals surface area contributed by atoms with Crippen molar-refractivity contribution in [1.29, 1.82) is 0 Å². The Hall–Kier alpha value is -2.16. The van der Waals surface area contributed by atoms with Crippen molar-refractivity contribution >= 4 is 17.4 Å². The van der Waals surface area contributed by atoms with E-state index in [1.54, 1.807) is 31.7 Å². The molecule has 0 aliphatic carbocycles. The molecular formula is C19H22F3N3O2S. The molecule has 1 aliphatic heterocycles. The van der Waals surface area contributed by atoms with E-state index in [-0.39, 0.29) is 22.6 Å². The highest BCUT2D eigenvalue weighted by Gasteiger charge is 2.35. The van der Waals surface area contributed by atoms with Crippen molar-refractivity contribution < 1.29 is 22.7 Å². The number of alkyl halides is 3. The summed E-state index contributed by atoms with van der Waals surface area (Å²) in [5.74, 6) is -0.0643. The largest absolute Gasteiger partial charge is 0.444 e. The summed E-state index contributed by atoms with van der Waals surface area (Å²) in [6.45, 7) is 6.43. The maximum atomic E-state index is 13.3.